The topological polar surface area (TPSA) is 39.1 Å². The zero-order valence-electron chi connectivity index (χ0n) is 9.18. The number of hydrogen-bond donors (Lipinski definition) is 0. The van der Waals surface area contributed by atoms with E-state index in [1.807, 2.05) is 0 Å². The number of hydrogen-bond acceptors (Lipinski definition) is 2. The van der Waals surface area contributed by atoms with E-state index in [0.717, 1.165) is 0 Å². The molecule has 0 amide bonds. The molecule has 0 bridgehead atoms. The highest BCUT2D eigenvalue weighted by atomic mass is 19.1. The summed E-state index contributed by atoms with van der Waals surface area (Å²) in [5, 5.41) is 0. The van der Waals surface area contributed by atoms with E-state index in [4.69, 9.17) is 0 Å². The number of carbonyl (C=O) groups excluding carboxylic acids is 2. The molecule has 1 aromatic carbocycles. The summed E-state index contributed by atoms with van der Waals surface area (Å²) in [6.45, 7) is 0. The van der Waals surface area contributed by atoms with Crippen LogP contribution < -0.4 is 0 Å². The molecule has 1 aromatic heterocycles. The Bertz CT molecular complexity index is 587. The van der Waals surface area contributed by atoms with Gasteiger partial charge in [0.1, 0.15) is 5.82 Å². The molecular formula is C13H10FNO2. The van der Waals surface area contributed by atoms with Gasteiger partial charge in [-0.3, -0.25) is 9.59 Å². The lowest BCUT2D eigenvalue weighted by Crippen LogP contribution is -2.10. The highest BCUT2D eigenvalue weighted by Gasteiger charge is 2.17. The van der Waals surface area contributed by atoms with Crippen molar-refractivity contribution in [1.29, 1.82) is 0 Å². The average Bonchev–Trinajstić information content (AvgIpc) is 2.70. The second kappa shape index (κ2) is 4.33. The van der Waals surface area contributed by atoms with Crippen molar-refractivity contribution in [2.45, 2.75) is 0 Å². The monoisotopic (exact) mass is 231 g/mol. The minimum atomic E-state index is -0.564. The SMILES string of the molecule is Cn1c(C=O)ccc1C(=O)c1ccccc1F. The molecule has 0 radical (unpaired) electrons. The van der Waals surface area contributed by atoms with Gasteiger partial charge in [-0.15, -0.1) is 0 Å². The molecule has 0 saturated heterocycles. The standard InChI is InChI=1S/C13H10FNO2/c1-15-9(8-16)6-7-12(15)13(17)10-4-2-3-5-11(10)14/h2-8H,1H3. The van der Waals surface area contributed by atoms with Gasteiger partial charge in [0.15, 0.2) is 6.29 Å². The Balaban J connectivity index is 2.48. The molecule has 0 aliphatic heterocycles. The van der Waals surface area contributed by atoms with Crippen LogP contribution in [-0.2, 0) is 7.05 Å². The summed E-state index contributed by atoms with van der Waals surface area (Å²) in [7, 11) is 1.60. The highest BCUT2D eigenvalue weighted by molar-refractivity contribution is 6.08. The highest BCUT2D eigenvalue weighted by Crippen LogP contribution is 2.14. The van der Waals surface area contributed by atoms with Crippen molar-refractivity contribution in [3.63, 3.8) is 0 Å². The number of nitrogens with zero attached hydrogens (tertiary/aromatic N) is 1. The fourth-order valence-electron chi connectivity index (χ4n) is 1.66. The number of aldehydes is 1. The van der Waals surface area contributed by atoms with Gasteiger partial charge in [-0.25, -0.2) is 4.39 Å². The largest absolute Gasteiger partial charge is 0.339 e. The Morgan fingerprint density at radius 2 is 1.94 bits per heavy atom. The first-order valence-electron chi connectivity index (χ1n) is 5.05. The summed E-state index contributed by atoms with van der Waals surface area (Å²) in [6, 6.07) is 8.81. The zero-order valence-corrected chi connectivity index (χ0v) is 9.18. The molecule has 17 heavy (non-hydrogen) atoms. The van der Waals surface area contributed by atoms with Crippen LogP contribution in [0.15, 0.2) is 36.4 Å². The maximum atomic E-state index is 13.4. The maximum absolute atomic E-state index is 13.4. The third-order valence-corrected chi connectivity index (χ3v) is 2.63. The number of carbonyl (C=O) groups is 2. The van der Waals surface area contributed by atoms with Crippen LogP contribution in [0, 0.1) is 5.82 Å². The van der Waals surface area contributed by atoms with Gasteiger partial charge in [0, 0.05) is 7.05 Å². The average molecular weight is 231 g/mol. The number of ketones is 1. The first kappa shape index (κ1) is 11.3. The van der Waals surface area contributed by atoms with E-state index in [2.05, 4.69) is 0 Å². The van der Waals surface area contributed by atoms with Gasteiger partial charge in [0.05, 0.1) is 17.0 Å². The fourth-order valence-corrected chi connectivity index (χ4v) is 1.66. The van der Waals surface area contributed by atoms with E-state index in [1.54, 1.807) is 13.1 Å². The third kappa shape index (κ3) is 1.89. The minimum Gasteiger partial charge on any atom is -0.339 e. The smallest absolute Gasteiger partial charge is 0.212 e. The molecule has 0 unspecified atom stereocenters. The lowest BCUT2D eigenvalue weighted by molar-refractivity contribution is 0.102. The molecule has 0 fully saturated rings. The molecule has 86 valence electrons. The lowest BCUT2D eigenvalue weighted by Gasteiger charge is -2.04. The molecule has 0 N–H and O–H groups in total. The normalized spacial score (nSPS) is 10.2. The summed E-state index contributed by atoms with van der Waals surface area (Å²) in [5.74, 6) is -0.995. The van der Waals surface area contributed by atoms with Crippen LogP contribution >= 0.6 is 0 Å². The van der Waals surface area contributed by atoms with Crippen LogP contribution in [0.4, 0.5) is 4.39 Å². The summed E-state index contributed by atoms with van der Waals surface area (Å²) in [6.07, 6.45) is 0.651. The predicted octanol–water partition coefficient (Wildman–Crippen LogP) is 2.21. The van der Waals surface area contributed by atoms with Gasteiger partial charge in [-0.2, -0.15) is 0 Å². The summed E-state index contributed by atoms with van der Waals surface area (Å²) in [5.41, 5.74) is 0.674. The second-order valence-corrected chi connectivity index (χ2v) is 3.63. The van der Waals surface area contributed by atoms with Gasteiger partial charge in [0.2, 0.25) is 5.78 Å². The number of halogens is 1. The van der Waals surface area contributed by atoms with Crippen molar-refractivity contribution >= 4 is 12.1 Å². The van der Waals surface area contributed by atoms with E-state index in [-0.39, 0.29) is 11.3 Å². The lowest BCUT2D eigenvalue weighted by atomic mass is 10.1. The zero-order chi connectivity index (χ0) is 12.4. The molecule has 3 nitrogen and oxygen atoms in total. The van der Waals surface area contributed by atoms with E-state index in [9.17, 15) is 14.0 Å². The first-order valence-corrected chi connectivity index (χ1v) is 5.05. The van der Waals surface area contributed by atoms with Crippen molar-refractivity contribution in [2.24, 2.45) is 7.05 Å². The predicted molar refractivity (Wildman–Crippen MR) is 60.6 cm³/mol. The molecule has 2 aromatic rings. The van der Waals surface area contributed by atoms with Gasteiger partial charge in [-0.05, 0) is 24.3 Å². The van der Waals surface area contributed by atoms with Crippen molar-refractivity contribution in [2.75, 3.05) is 0 Å². The Hall–Kier alpha value is -2.23. The second-order valence-electron chi connectivity index (χ2n) is 3.63. The molecular weight excluding hydrogens is 221 g/mol. The van der Waals surface area contributed by atoms with Gasteiger partial charge >= 0.3 is 0 Å². The van der Waals surface area contributed by atoms with E-state index in [0.29, 0.717) is 12.0 Å². The third-order valence-electron chi connectivity index (χ3n) is 2.63. The number of aromatic nitrogens is 1. The van der Waals surface area contributed by atoms with Crippen LogP contribution in [0.25, 0.3) is 0 Å². The number of benzene rings is 1. The van der Waals surface area contributed by atoms with E-state index < -0.39 is 11.6 Å². The summed E-state index contributed by atoms with van der Waals surface area (Å²) >= 11 is 0. The minimum absolute atomic E-state index is 0.00569. The molecule has 2 rings (SSSR count). The van der Waals surface area contributed by atoms with Crippen LogP contribution in [0.1, 0.15) is 26.5 Å². The molecule has 0 spiro atoms. The van der Waals surface area contributed by atoms with Gasteiger partial charge in [-0.1, -0.05) is 12.1 Å². The Morgan fingerprint density at radius 3 is 2.53 bits per heavy atom. The van der Waals surface area contributed by atoms with Crippen LogP contribution in [0.5, 0.6) is 0 Å². The summed E-state index contributed by atoms with van der Waals surface area (Å²) < 4.78 is 14.9. The molecule has 0 aliphatic rings. The first-order chi connectivity index (χ1) is 8.15. The van der Waals surface area contributed by atoms with Crippen molar-refractivity contribution in [1.82, 2.24) is 4.57 Å². The van der Waals surface area contributed by atoms with Crippen molar-refractivity contribution in [3.05, 3.63) is 59.2 Å². The Morgan fingerprint density at radius 1 is 1.24 bits per heavy atom. The molecule has 0 saturated carbocycles. The van der Waals surface area contributed by atoms with E-state index >= 15 is 0 Å². The van der Waals surface area contributed by atoms with E-state index in [1.165, 1.54) is 34.9 Å². The quantitative estimate of drug-likeness (QED) is 0.600. The van der Waals surface area contributed by atoms with Crippen LogP contribution in [0.2, 0.25) is 0 Å². The maximum Gasteiger partial charge on any atom is 0.212 e. The number of rotatable bonds is 3. The Kier molecular flexibility index (Phi) is 2.87. The van der Waals surface area contributed by atoms with Crippen molar-refractivity contribution < 1.29 is 14.0 Å². The Labute approximate surface area is 97.5 Å². The molecule has 0 aliphatic carbocycles. The van der Waals surface area contributed by atoms with Gasteiger partial charge < -0.3 is 4.57 Å². The fraction of sp³-hybridized carbons (Fsp3) is 0.0769. The van der Waals surface area contributed by atoms with Crippen LogP contribution in [0.3, 0.4) is 0 Å². The molecule has 1 heterocycles. The van der Waals surface area contributed by atoms with Crippen LogP contribution in [-0.4, -0.2) is 16.6 Å². The van der Waals surface area contributed by atoms with Gasteiger partial charge in [0.25, 0.3) is 0 Å². The molecule has 0 atom stereocenters. The molecule has 4 heteroatoms. The van der Waals surface area contributed by atoms with Crippen molar-refractivity contribution in [3.8, 4) is 0 Å². The summed E-state index contributed by atoms with van der Waals surface area (Å²) in [4.78, 5) is 22.7.